The fraction of sp³-hybridized carbons (Fsp3) is 0.600. The van der Waals surface area contributed by atoms with Crippen LogP contribution in [0.2, 0.25) is 0 Å². The minimum Gasteiger partial charge on any atom is -0.490 e. The van der Waals surface area contributed by atoms with Crippen LogP contribution in [-0.2, 0) is 0 Å². The topological polar surface area (TPSA) is 40.9 Å². The number of nitrogens with zero attached hydrogens (tertiary/aromatic N) is 3. The van der Waals surface area contributed by atoms with Crippen molar-refractivity contribution in [3.63, 3.8) is 0 Å². The quantitative estimate of drug-likeness (QED) is 0.770. The van der Waals surface area contributed by atoms with Crippen LogP contribution in [0.3, 0.4) is 0 Å². The summed E-state index contributed by atoms with van der Waals surface area (Å²) in [6.45, 7) is 3.50. The number of aliphatic hydroxyl groups excluding tert-OH is 1. The molecule has 5 rings (SSSR count). The van der Waals surface area contributed by atoms with Gasteiger partial charge in [0.1, 0.15) is 11.9 Å². The summed E-state index contributed by atoms with van der Waals surface area (Å²) in [5.74, 6) is 0.979. The maximum absolute atomic E-state index is 9.67. The van der Waals surface area contributed by atoms with Crippen LogP contribution < -0.4 is 4.74 Å². The Kier molecular flexibility index (Phi) is 6.12. The zero-order valence-corrected chi connectivity index (χ0v) is 18.0. The number of aromatic nitrogens is 1. The summed E-state index contributed by atoms with van der Waals surface area (Å²) in [4.78, 5) is 4.84. The van der Waals surface area contributed by atoms with E-state index in [1.165, 1.54) is 50.8 Å². The van der Waals surface area contributed by atoms with Gasteiger partial charge in [-0.25, -0.2) is 0 Å². The Morgan fingerprint density at radius 1 is 0.867 bits per heavy atom. The zero-order valence-electron chi connectivity index (χ0n) is 18.0. The number of benzene rings is 1. The molecule has 0 radical (unpaired) electrons. The summed E-state index contributed by atoms with van der Waals surface area (Å²) >= 11 is 0. The van der Waals surface area contributed by atoms with Crippen molar-refractivity contribution in [1.29, 1.82) is 0 Å². The van der Waals surface area contributed by atoms with E-state index >= 15 is 0 Å². The van der Waals surface area contributed by atoms with Crippen molar-refractivity contribution in [2.24, 2.45) is 0 Å². The van der Waals surface area contributed by atoms with Gasteiger partial charge in [-0.05, 0) is 74.4 Å². The Morgan fingerprint density at radius 2 is 1.67 bits per heavy atom. The molecule has 0 bridgehead atoms. The molecule has 3 heterocycles. The van der Waals surface area contributed by atoms with Crippen molar-refractivity contribution < 1.29 is 9.84 Å². The first-order chi connectivity index (χ1) is 14.8. The molecule has 5 nitrogen and oxygen atoms in total. The van der Waals surface area contributed by atoms with E-state index in [-0.39, 0.29) is 6.73 Å². The maximum atomic E-state index is 9.67. The van der Waals surface area contributed by atoms with Crippen molar-refractivity contribution >= 4 is 0 Å². The molecule has 5 heteroatoms. The van der Waals surface area contributed by atoms with Gasteiger partial charge in [-0.3, -0.25) is 4.90 Å². The standard InChI is InChI=1S/C25H35N3O2/c29-19-28-14-2-1-6-25(28)20-11-15-27(18-20)22-7-9-23(10-8-22)30-24-12-16-26(17-13-24)21-4-3-5-21/h7-11,15,18,21,24-25,29H,1-6,12-14,16-17,19H2. The molecule has 1 aromatic carbocycles. The van der Waals surface area contributed by atoms with E-state index in [1.807, 2.05) is 0 Å². The smallest absolute Gasteiger partial charge is 0.119 e. The van der Waals surface area contributed by atoms with E-state index < -0.39 is 0 Å². The van der Waals surface area contributed by atoms with Crippen molar-refractivity contribution in [3.8, 4) is 11.4 Å². The normalized spacial score (nSPS) is 24.6. The van der Waals surface area contributed by atoms with Gasteiger partial charge in [-0.15, -0.1) is 0 Å². The van der Waals surface area contributed by atoms with E-state index in [2.05, 4.69) is 57.1 Å². The van der Waals surface area contributed by atoms with Gasteiger partial charge in [-0.1, -0.05) is 12.8 Å². The van der Waals surface area contributed by atoms with Gasteiger partial charge in [0.15, 0.2) is 0 Å². The molecule has 1 unspecified atom stereocenters. The van der Waals surface area contributed by atoms with Crippen molar-refractivity contribution in [3.05, 3.63) is 48.3 Å². The lowest BCUT2D eigenvalue weighted by Gasteiger charge is -2.41. The van der Waals surface area contributed by atoms with E-state index in [0.717, 1.165) is 43.3 Å². The van der Waals surface area contributed by atoms with Crippen molar-refractivity contribution in [2.75, 3.05) is 26.4 Å². The minimum absolute atomic E-state index is 0.140. The minimum atomic E-state index is 0.140. The Hall–Kier alpha value is -1.82. The highest BCUT2D eigenvalue weighted by molar-refractivity contribution is 5.39. The van der Waals surface area contributed by atoms with Crippen LogP contribution in [0.4, 0.5) is 0 Å². The third-order valence-electron chi connectivity index (χ3n) is 7.40. The molecule has 2 aliphatic heterocycles. The number of aliphatic hydroxyl groups is 1. The van der Waals surface area contributed by atoms with Gasteiger partial charge in [0.05, 0.1) is 6.73 Å². The summed E-state index contributed by atoms with van der Waals surface area (Å²) in [5.41, 5.74) is 2.45. The Bertz CT molecular complexity index is 806. The Morgan fingerprint density at radius 3 is 2.37 bits per heavy atom. The number of likely N-dealkylation sites (tertiary alicyclic amines) is 2. The van der Waals surface area contributed by atoms with Gasteiger partial charge >= 0.3 is 0 Å². The van der Waals surface area contributed by atoms with Crippen molar-refractivity contribution in [2.45, 2.75) is 69.6 Å². The molecule has 1 saturated carbocycles. The average Bonchev–Trinajstić information content (AvgIpc) is 3.24. The molecule has 1 aromatic heterocycles. The first kappa shape index (κ1) is 20.1. The van der Waals surface area contributed by atoms with Gasteiger partial charge < -0.3 is 19.3 Å². The van der Waals surface area contributed by atoms with Crippen LogP contribution in [0.1, 0.15) is 63.0 Å². The van der Waals surface area contributed by atoms with Crippen LogP contribution in [-0.4, -0.2) is 58.0 Å². The second-order valence-electron chi connectivity index (χ2n) is 9.25. The number of hydrogen-bond acceptors (Lipinski definition) is 4. The lowest BCUT2D eigenvalue weighted by Crippen LogP contribution is -2.46. The lowest BCUT2D eigenvalue weighted by molar-refractivity contribution is 0.0436. The fourth-order valence-electron chi connectivity index (χ4n) is 5.31. The van der Waals surface area contributed by atoms with E-state index in [9.17, 15) is 5.11 Å². The van der Waals surface area contributed by atoms with Crippen LogP contribution >= 0.6 is 0 Å². The Labute approximate surface area is 180 Å². The van der Waals surface area contributed by atoms with E-state index in [1.54, 1.807) is 0 Å². The van der Waals surface area contributed by atoms with E-state index in [0.29, 0.717) is 12.1 Å². The molecule has 162 valence electrons. The number of ether oxygens (including phenoxy) is 1. The molecule has 1 atom stereocenters. The first-order valence-electron chi connectivity index (χ1n) is 11.8. The van der Waals surface area contributed by atoms with Crippen LogP contribution in [0, 0.1) is 0 Å². The van der Waals surface area contributed by atoms with Crippen LogP contribution in [0.5, 0.6) is 5.75 Å². The van der Waals surface area contributed by atoms with Gasteiger partial charge in [0.2, 0.25) is 0 Å². The third kappa shape index (κ3) is 4.29. The molecule has 0 amide bonds. The predicted octanol–water partition coefficient (Wildman–Crippen LogP) is 4.35. The van der Waals surface area contributed by atoms with Gasteiger partial charge in [-0.2, -0.15) is 0 Å². The second-order valence-corrected chi connectivity index (χ2v) is 9.25. The summed E-state index contributed by atoms with van der Waals surface area (Å²) in [7, 11) is 0. The molecule has 1 N–H and O–H groups in total. The molecular weight excluding hydrogens is 374 g/mol. The summed E-state index contributed by atoms with van der Waals surface area (Å²) in [5, 5.41) is 9.67. The van der Waals surface area contributed by atoms with Crippen LogP contribution in [0.25, 0.3) is 5.69 Å². The SMILES string of the molecule is OCN1CCCCC1c1ccn(-c2ccc(OC3CCN(C4CCC4)CC3)cc2)c1. The average molecular weight is 410 g/mol. The molecule has 3 fully saturated rings. The molecular formula is C25H35N3O2. The largest absolute Gasteiger partial charge is 0.490 e. The maximum Gasteiger partial charge on any atom is 0.119 e. The number of hydrogen-bond donors (Lipinski definition) is 1. The summed E-state index contributed by atoms with van der Waals surface area (Å²) < 4.78 is 8.47. The monoisotopic (exact) mass is 409 g/mol. The van der Waals surface area contributed by atoms with Crippen LogP contribution in [0.15, 0.2) is 42.7 Å². The molecule has 2 aromatic rings. The highest BCUT2D eigenvalue weighted by Gasteiger charge is 2.29. The zero-order chi connectivity index (χ0) is 20.3. The van der Waals surface area contributed by atoms with Gasteiger partial charge in [0, 0.05) is 49.8 Å². The highest BCUT2D eigenvalue weighted by Crippen LogP contribution is 2.32. The van der Waals surface area contributed by atoms with Gasteiger partial charge in [0.25, 0.3) is 0 Å². The summed E-state index contributed by atoms with van der Waals surface area (Å²) in [6.07, 6.45) is 14.7. The Balaban J connectivity index is 1.18. The second kappa shape index (κ2) is 9.13. The predicted molar refractivity (Wildman–Crippen MR) is 119 cm³/mol. The molecule has 3 aliphatic rings. The summed E-state index contributed by atoms with van der Waals surface area (Å²) in [6, 6.07) is 11.9. The number of rotatable bonds is 6. The molecule has 0 spiro atoms. The first-order valence-corrected chi connectivity index (χ1v) is 11.8. The highest BCUT2D eigenvalue weighted by atomic mass is 16.5. The molecule has 30 heavy (non-hydrogen) atoms. The fourth-order valence-corrected chi connectivity index (χ4v) is 5.31. The lowest BCUT2D eigenvalue weighted by atomic mass is 9.90. The number of piperidine rings is 2. The molecule has 1 aliphatic carbocycles. The van der Waals surface area contributed by atoms with Crippen molar-refractivity contribution in [1.82, 2.24) is 14.4 Å². The third-order valence-corrected chi connectivity index (χ3v) is 7.40. The molecule has 2 saturated heterocycles. The van der Waals surface area contributed by atoms with E-state index in [4.69, 9.17) is 4.74 Å².